The highest BCUT2D eigenvalue weighted by Gasteiger charge is 2.49. The third-order valence-electron chi connectivity index (χ3n) is 4.21. The Morgan fingerprint density at radius 1 is 1.06 bits per heavy atom. The first-order valence-electron chi connectivity index (χ1n) is 6.41. The molecule has 92 valence electrons. The van der Waals surface area contributed by atoms with E-state index < -0.39 is 0 Å². The molecule has 0 amide bonds. The molecule has 16 heavy (non-hydrogen) atoms. The van der Waals surface area contributed by atoms with Crippen molar-refractivity contribution >= 4 is 0 Å². The predicted molar refractivity (Wildman–Crippen MR) is 65.2 cm³/mol. The molecule has 1 saturated heterocycles. The third-order valence-corrected chi connectivity index (χ3v) is 4.21. The van der Waals surface area contributed by atoms with Gasteiger partial charge in [0.25, 0.3) is 0 Å². The first kappa shape index (κ1) is 12.1. The molecule has 1 unspecified atom stereocenters. The van der Waals surface area contributed by atoms with Crippen LogP contribution in [0.1, 0.15) is 53.4 Å². The van der Waals surface area contributed by atoms with Gasteiger partial charge in [-0.3, -0.25) is 0 Å². The molecule has 2 nitrogen and oxygen atoms in total. The van der Waals surface area contributed by atoms with Crippen LogP contribution in [-0.4, -0.2) is 17.5 Å². The predicted octanol–water partition coefficient (Wildman–Crippen LogP) is 3.66. The van der Waals surface area contributed by atoms with Gasteiger partial charge in [-0.05, 0) is 52.9 Å². The Bertz CT molecular complexity index is 262. The van der Waals surface area contributed by atoms with Crippen LogP contribution in [0.25, 0.3) is 0 Å². The zero-order chi connectivity index (χ0) is 11.8. The molecule has 0 aromatic carbocycles. The first-order valence-corrected chi connectivity index (χ1v) is 6.41. The molecule has 0 saturated carbocycles. The fourth-order valence-corrected chi connectivity index (χ4v) is 2.40. The van der Waals surface area contributed by atoms with Gasteiger partial charge < -0.3 is 9.47 Å². The molecule has 1 aliphatic carbocycles. The van der Waals surface area contributed by atoms with Crippen molar-refractivity contribution in [3.8, 4) is 0 Å². The fraction of sp³-hybridized carbons (Fsp3) is 0.857. The molecule has 2 heteroatoms. The van der Waals surface area contributed by atoms with Crippen molar-refractivity contribution in [2.45, 2.75) is 70.9 Å². The molecule has 1 fully saturated rings. The number of rotatable bonds is 2. The Balaban J connectivity index is 1.91. The van der Waals surface area contributed by atoms with E-state index in [4.69, 9.17) is 9.47 Å². The highest BCUT2D eigenvalue weighted by molar-refractivity contribution is 4.96. The van der Waals surface area contributed by atoms with E-state index in [0.717, 1.165) is 12.3 Å². The number of allylic oxidation sites excluding steroid dienone is 2. The van der Waals surface area contributed by atoms with Crippen molar-refractivity contribution < 1.29 is 9.47 Å². The van der Waals surface area contributed by atoms with E-state index in [-0.39, 0.29) is 17.5 Å². The fourth-order valence-electron chi connectivity index (χ4n) is 2.40. The second kappa shape index (κ2) is 4.15. The molecule has 0 aromatic rings. The van der Waals surface area contributed by atoms with E-state index in [1.807, 2.05) is 0 Å². The maximum Gasteiger partial charge on any atom is 0.159 e. The standard InChI is InChI=1S/C14H24O2/c1-13(2)14(3,4)16-12(15-13)10-11-8-6-5-7-9-11/h5-6,11-12H,7-10H2,1-4H3. The Morgan fingerprint density at radius 2 is 1.69 bits per heavy atom. The van der Waals surface area contributed by atoms with Gasteiger partial charge in [0, 0.05) is 6.42 Å². The molecule has 1 heterocycles. The minimum Gasteiger partial charge on any atom is -0.344 e. The lowest BCUT2D eigenvalue weighted by atomic mass is 9.90. The van der Waals surface area contributed by atoms with Gasteiger partial charge in [-0.2, -0.15) is 0 Å². The van der Waals surface area contributed by atoms with Gasteiger partial charge in [0.15, 0.2) is 6.29 Å². The molecule has 2 rings (SSSR count). The summed E-state index contributed by atoms with van der Waals surface area (Å²) in [6.45, 7) is 8.48. The molecule has 1 aliphatic heterocycles. The molecule has 0 radical (unpaired) electrons. The molecule has 0 bridgehead atoms. The summed E-state index contributed by atoms with van der Waals surface area (Å²) in [6.07, 6.45) is 9.27. The molecule has 0 aromatic heterocycles. The molecular weight excluding hydrogens is 200 g/mol. The van der Waals surface area contributed by atoms with Crippen LogP contribution >= 0.6 is 0 Å². The first-order chi connectivity index (χ1) is 7.41. The van der Waals surface area contributed by atoms with Crippen LogP contribution in [0.4, 0.5) is 0 Å². The topological polar surface area (TPSA) is 18.5 Å². The normalized spacial score (nSPS) is 33.1. The lowest BCUT2D eigenvalue weighted by Crippen LogP contribution is -2.41. The van der Waals surface area contributed by atoms with Crippen LogP contribution in [0, 0.1) is 5.92 Å². The molecule has 1 atom stereocenters. The smallest absolute Gasteiger partial charge is 0.159 e. The zero-order valence-corrected chi connectivity index (χ0v) is 11.0. The van der Waals surface area contributed by atoms with Crippen molar-refractivity contribution in [2.24, 2.45) is 5.92 Å². The second-order valence-corrected chi connectivity index (χ2v) is 6.07. The molecular formula is C14H24O2. The van der Waals surface area contributed by atoms with Gasteiger partial charge in [-0.15, -0.1) is 0 Å². The maximum absolute atomic E-state index is 6.02. The average molecular weight is 224 g/mol. The van der Waals surface area contributed by atoms with E-state index >= 15 is 0 Å². The quantitative estimate of drug-likeness (QED) is 0.666. The number of ether oxygens (including phenoxy) is 2. The van der Waals surface area contributed by atoms with Gasteiger partial charge in [0.2, 0.25) is 0 Å². The average Bonchev–Trinajstić information content (AvgIpc) is 2.36. The Hall–Kier alpha value is -0.340. The van der Waals surface area contributed by atoms with E-state index in [1.54, 1.807) is 0 Å². The van der Waals surface area contributed by atoms with Gasteiger partial charge in [-0.25, -0.2) is 0 Å². The zero-order valence-electron chi connectivity index (χ0n) is 11.0. The minimum absolute atomic E-state index is 0.0125. The lowest BCUT2D eigenvalue weighted by Gasteiger charge is -2.30. The van der Waals surface area contributed by atoms with Crippen molar-refractivity contribution in [2.75, 3.05) is 0 Å². The monoisotopic (exact) mass is 224 g/mol. The van der Waals surface area contributed by atoms with Crippen LogP contribution < -0.4 is 0 Å². The van der Waals surface area contributed by atoms with Crippen LogP contribution in [0.15, 0.2) is 12.2 Å². The summed E-state index contributed by atoms with van der Waals surface area (Å²) in [5.74, 6) is 0.736. The summed E-state index contributed by atoms with van der Waals surface area (Å²) in [6, 6.07) is 0. The summed E-state index contributed by atoms with van der Waals surface area (Å²) in [7, 11) is 0. The van der Waals surface area contributed by atoms with Gasteiger partial charge in [-0.1, -0.05) is 12.2 Å². The highest BCUT2D eigenvalue weighted by atomic mass is 16.7. The van der Waals surface area contributed by atoms with Gasteiger partial charge in [0.05, 0.1) is 11.2 Å². The van der Waals surface area contributed by atoms with Crippen LogP contribution in [0.3, 0.4) is 0 Å². The maximum atomic E-state index is 6.02. The van der Waals surface area contributed by atoms with Crippen molar-refractivity contribution in [1.82, 2.24) is 0 Å². The van der Waals surface area contributed by atoms with Crippen LogP contribution in [-0.2, 0) is 9.47 Å². The van der Waals surface area contributed by atoms with E-state index in [0.29, 0.717) is 0 Å². The van der Waals surface area contributed by atoms with Crippen molar-refractivity contribution in [3.63, 3.8) is 0 Å². The number of hydrogen-bond donors (Lipinski definition) is 0. The lowest BCUT2D eigenvalue weighted by molar-refractivity contribution is -0.0989. The summed E-state index contributed by atoms with van der Waals surface area (Å²) in [5.41, 5.74) is -0.357. The SMILES string of the molecule is CC1(C)OC(CC2CC=CCC2)OC1(C)C. The summed E-state index contributed by atoms with van der Waals surface area (Å²) in [5, 5.41) is 0. The third kappa shape index (κ3) is 2.33. The van der Waals surface area contributed by atoms with Crippen LogP contribution in [0.2, 0.25) is 0 Å². The van der Waals surface area contributed by atoms with Gasteiger partial charge in [0.1, 0.15) is 0 Å². The Kier molecular flexibility index (Phi) is 3.15. The minimum atomic E-state index is -0.178. The summed E-state index contributed by atoms with van der Waals surface area (Å²) >= 11 is 0. The molecule has 0 spiro atoms. The molecule has 2 aliphatic rings. The van der Waals surface area contributed by atoms with Crippen LogP contribution in [0.5, 0.6) is 0 Å². The van der Waals surface area contributed by atoms with E-state index in [9.17, 15) is 0 Å². The van der Waals surface area contributed by atoms with Crippen molar-refractivity contribution in [3.05, 3.63) is 12.2 Å². The molecule has 0 N–H and O–H groups in total. The Morgan fingerprint density at radius 3 is 2.19 bits per heavy atom. The Labute approximate surface area is 99.0 Å². The van der Waals surface area contributed by atoms with Crippen molar-refractivity contribution in [1.29, 1.82) is 0 Å². The van der Waals surface area contributed by atoms with Gasteiger partial charge >= 0.3 is 0 Å². The summed E-state index contributed by atoms with van der Waals surface area (Å²) < 4.78 is 12.0. The van der Waals surface area contributed by atoms with E-state index in [2.05, 4.69) is 39.8 Å². The second-order valence-electron chi connectivity index (χ2n) is 6.07. The number of hydrogen-bond acceptors (Lipinski definition) is 2. The largest absolute Gasteiger partial charge is 0.344 e. The highest BCUT2D eigenvalue weighted by Crippen LogP contribution is 2.41. The summed E-state index contributed by atoms with van der Waals surface area (Å²) in [4.78, 5) is 0. The van der Waals surface area contributed by atoms with E-state index in [1.165, 1.54) is 19.3 Å².